The fourth-order valence-electron chi connectivity index (χ4n) is 2.94. The van der Waals surface area contributed by atoms with E-state index in [1.165, 1.54) is 30.4 Å². The van der Waals surface area contributed by atoms with Gasteiger partial charge in [-0.2, -0.15) is 0 Å². The summed E-state index contributed by atoms with van der Waals surface area (Å²) in [5, 5.41) is 0. The molecule has 0 saturated carbocycles. The van der Waals surface area contributed by atoms with Gasteiger partial charge >= 0.3 is 0 Å². The van der Waals surface area contributed by atoms with Gasteiger partial charge in [0, 0.05) is 0 Å². The van der Waals surface area contributed by atoms with Crippen LogP contribution in [0, 0.1) is 5.41 Å². The molecule has 0 aliphatic carbocycles. The van der Waals surface area contributed by atoms with Crippen molar-refractivity contribution in [1.29, 1.82) is 0 Å². The van der Waals surface area contributed by atoms with Crippen LogP contribution < -0.4 is 0 Å². The monoisotopic (exact) mass is 266 g/mol. The highest BCUT2D eigenvalue weighted by atomic mass is 14.3. The fraction of sp³-hybridized carbons (Fsp3) is 0.400. The molecule has 2 rings (SSSR count). The van der Waals surface area contributed by atoms with Crippen molar-refractivity contribution in [3.8, 4) is 0 Å². The third kappa shape index (κ3) is 4.23. The minimum Gasteiger partial charge on any atom is -0.0622 e. The molecule has 0 aliphatic rings. The molecule has 0 amide bonds. The Morgan fingerprint density at radius 3 is 1.90 bits per heavy atom. The summed E-state index contributed by atoms with van der Waals surface area (Å²) in [4.78, 5) is 0. The largest absolute Gasteiger partial charge is 0.0622 e. The molecule has 0 N–H and O–H groups in total. The topological polar surface area (TPSA) is 0 Å². The molecule has 0 aliphatic heterocycles. The summed E-state index contributed by atoms with van der Waals surface area (Å²) >= 11 is 0. The Morgan fingerprint density at radius 2 is 1.35 bits per heavy atom. The highest BCUT2D eigenvalue weighted by Gasteiger charge is 2.25. The van der Waals surface area contributed by atoms with Crippen LogP contribution in [0.25, 0.3) is 0 Å². The maximum atomic E-state index is 2.35. The average molecular weight is 266 g/mol. The van der Waals surface area contributed by atoms with Crippen LogP contribution in [0.1, 0.15) is 50.7 Å². The molecule has 20 heavy (non-hydrogen) atoms. The van der Waals surface area contributed by atoms with Crippen molar-refractivity contribution in [1.82, 2.24) is 0 Å². The van der Waals surface area contributed by atoms with E-state index in [2.05, 4.69) is 81.4 Å². The molecule has 0 bridgehead atoms. The lowest BCUT2D eigenvalue weighted by molar-refractivity contribution is 0.300. The first-order chi connectivity index (χ1) is 9.57. The number of hydrogen-bond acceptors (Lipinski definition) is 0. The normalized spacial score (nSPS) is 13.2. The Morgan fingerprint density at radius 1 is 0.800 bits per heavy atom. The number of rotatable bonds is 5. The van der Waals surface area contributed by atoms with Gasteiger partial charge in [0.1, 0.15) is 0 Å². The smallest absolute Gasteiger partial charge is 0.0113 e. The molecule has 2 aromatic carbocycles. The molecular weight excluding hydrogens is 240 g/mol. The van der Waals surface area contributed by atoms with Gasteiger partial charge in [0.25, 0.3) is 0 Å². The van der Waals surface area contributed by atoms with Crippen molar-refractivity contribution in [2.24, 2.45) is 5.41 Å². The molecule has 0 heteroatoms. The van der Waals surface area contributed by atoms with Gasteiger partial charge in [0.05, 0.1) is 0 Å². The minimum atomic E-state index is 0.318. The molecule has 0 aromatic heterocycles. The Hall–Kier alpha value is -1.56. The molecule has 0 fully saturated rings. The van der Waals surface area contributed by atoms with Crippen LogP contribution in [0.15, 0.2) is 60.7 Å². The number of hydrogen-bond donors (Lipinski definition) is 0. The molecule has 1 atom stereocenters. The summed E-state index contributed by atoms with van der Waals surface area (Å²) in [6.45, 7) is 7.06. The molecular formula is C20H26. The predicted molar refractivity (Wildman–Crippen MR) is 88.0 cm³/mol. The highest BCUT2D eigenvalue weighted by molar-refractivity contribution is 5.21. The zero-order chi connectivity index (χ0) is 14.4. The molecule has 0 nitrogen and oxygen atoms in total. The first-order valence-electron chi connectivity index (χ1n) is 7.66. The van der Waals surface area contributed by atoms with Crippen LogP contribution in [0.3, 0.4) is 0 Å². The van der Waals surface area contributed by atoms with E-state index in [0.29, 0.717) is 11.3 Å². The van der Waals surface area contributed by atoms with E-state index in [0.717, 1.165) is 0 Å². The first-order valence-corrected chi connectivity index (χ1v) is 7.66. The second kappa shape index (κ2) is 6.74. The predicted octanol–water partition coefficient (Wildman–Crippen LogP) is 5.84. The molecule has 2 aromatic rings. The molecule has 0 spiro atoms. The van der Waals surface area contributed by atoms with Crippen LogP contribution in [-0.2, 0) is 6.42 Å². The summed E-state index contributed by atoms with van der Waals surface area (Å²) in [6.07, 6.45) is 3.68. The molecule has 0 radical (unpaired) electrons. The summed E-state index contributed by atoms with van der Waals surface area (Å²) in [5.41, 5.74) is 3.25. The van der Waals surface area contributed by atoms with Crippen LogP contribution in [0.4, 0.5) is 0 Å². The van der Waals surface area contributed by atoms with Crippen molar-refractivity contribution in [2.75, 3.05) is 0 Å². The van der Waals surface area contributed by atoms with Gasteiger partial charge in [-0.15, -0.1) is 0 Å². The highest BCUT2D eigenvalue weighted by Crippen LogP contribution is 2.38. The van der Waals surface area contributed by atoms with E-state index in [1.807, 2.05) is 0 Å². The lowest BCUT2D eigenvalue weighted by Crippen LogP contribution is -2.18. The Bertz CT molecular complexity index is 491. The lowest BCUT2D eigenvalue weighted by Gasteiger charge is -2.31. The summed E-state index contributed by atoms with van der Waals surface area (Å²) < 4.78 is 0. The standard InChI is InChI=1S/C20H26/c1-20(2,3)19(18-14-8-5-9-15-18)16-10-13-17-11-6-4-7-12-17/h4-9,11-12,14-15,19H,10,13,16H2,1-3H3. The second-order valence-electron chi connectivity index (χ2n) is 6.71. The van der Waals surface area contributed by atoms with E-state index in [-0.39, 0.29) is 0 Å². The fourth-order valence-corrected chi connectivity index (χ4v) is 2.94. The molecule has 0 saturated heterocycles. The quantitative estimate of drug-likeness (QED) is 0.638. The maximum absolute atomic E-state index is 2.35. The van der Waals surface area contributed by atoms with E-state index >= 15 is 0 Å². The van der Waals surface area contributed by atoms with Crippen molar-refractivity contribution in [3.63, 3.8) is 0 Å². The SMILES string of the molecule is CC(C)(C)C(CCCc1ccccc1)c1ccccc1. The lowest BCUT2D eigenvalue weighted by atomic mass is 9.74. The van der Waals surface area contributed by atoms with Crippen LogP contribution >= 0.6 is 0 Å². The van der Waals surface area contributed by atoms with E-state index < -0.39 is 0 Å². The third-order valence-corrected chi connectivity index (χ3v) is 4.05. The zero-order valence-electron chi connectivity index (χ0n) is 13.0. The third-order valence-electron chi connectivity index (χ3n) is 4.05. The minimum absolute atomic E-state index is 0.318. The van der Waals surface area contributed by atoms with E-state index in [9.17, 15) is 0 Å². The molecule has 1 unspecified atom stereocenters. The van der Waals surface area contributed by atoms with Crippen molar-refractivity contribution in [3.05, 3.63) is 71.8 Å². The molecule has 0 heterocycles. The zero-order valence-corrected chi connectivity index (χ0v) is 13.0. The van der Waals surface area contributed by atoms with Gasteiger partial charge in [-0.25, -0.2) is 0 Å². The van der Waals surface area contributed by atoms with Crippen molar-refractivity contribution in [2.45, 2.75) is 46.0 Å². The number of benzene rings is 2. The van der Waals surface area contributed by atoms with Crippen molar-refractivity contribution >= 4 is 0 Å². The van der Waals surface area contributed by atoms with Gasteiger partial charge in [-0.1, -0.05) is 81.4 Å². The maximum Gasteiger partial charge on any atom is -0.0113 e. The number of aryl methyl sites for hydroxylation is 1. The first kappa shape index (κ1) is 14.8. The Kier molecular flexibility index (Phi) is 5.00. The summed E-state index contributed by atoms with van der Waals surface area (Å²) in [5.74, 6) is 0.632. The van der Waals surface area contributed by atoms with Gasteiger partial charge in [0.15, 0.2) is 0 Å². The van der Waals surface area contributed by atoms with Gasteiger partial charge in [0.2, 0.25) is 0 Å². The summed E-state index contributed by atoms with van der Waals surface area (Å²) in [7, 11) is 0. The van der Waals surface area contributed by atoms with E-state index in [4.69, 9.17) is 0 Å². The second-order valence-corrected chi connectivity index (χ2v) is 6.71. The summed E-state index contributed by atoms with van der Waals surface area (Å²) in [6, 6.07) is 21.8. The van der Waals surface area contributed by atoms with Crippen LogP contribution in [0.2, 0.25) is 0 Å². The van der Waals surface area contributed by atoms with Gasteiger partial charge < -0.3 is 0 Å². The molecule has 106 valence electrons. The average Bonchev–Trinajstić information content (AvgIpc) is 2.44. The van der Waals surface area contributed by atoms with Crippen LogP contribution in [0.5, 0.6) is 0 Å². The van der Waals surface area contributed by atoms with Crippen LogP contribution in [-0.4, -0.2) is 0 Å². The van der Waals surface area contributed by atoms with Crippen molar-refractivity contribution < 1.29 is 0 Å². The Labute approximate surface area is 123 Å². The van der Waals surface area contributed by atoms with Gasteiger partial charge in [-0.05, 0) is 41.7 Å². The van der Waals surface area contributed by atoms with E-state index in [1.54, 1.807) is 0 Å². The Balaban J connectivity index is 1.99. The van der Waals surface area contributed by atoms with Gasteiger partial charge in [-0.3, -0.25) is 0 Å².